The number of ether oxygens (including phenoxy) is 3. The van der Waals surface area contributed by atoms with Gasteiger partial charge >= 0.3 is 5.97 Å². The Kier molecular flexibility index (Phi) is 8.15. The molecule has 6 N–H and O–H groups in total. The molecule has 11 heteroatoms. The van der Waals surface area contributed by atoms with Crippen LogP contribution in [0.15, 0.2) is 0 Å². The van der Waals surface area contributed by atoms with Gasteiger partial charge in [-0.2, -0.15) is 0 Å². The lowest BCUT2D eigenvalue weighted by Crippen LogP contribution is -2.67. The minimum Gasteiger partial charge on any atom is -0.434 e. The Balaban J connectivity index is 3.00. The second-order valence-corrected chi connectivity index (χ2v) is 5.65. The number of hydrogen-bond acceptors (Lipinski definition) is 10. The van der Waals surface area contributed by atoms with Crippen molar-refractivity contribution < 1.29 is 49.3 Å². The van der Waals surface area contributed by atoms with Crippen molar-refractivity contribution >= 4 is 11.9 Å². The largest absolute Gasteiger partial charge is 0.434 e. The molecule has 0 aromatic heterocycles. The van der Waals surface area contributed by atoms with E-state index in [-0.39, 0.29) is 6.61 Å². The first-order chi connectivity index (χ1) is 11.7. The van der Waals surface area contributed by atoms with Crippen LogP contribution in [0.3, 0.4) is 0 Å². The summed E-state index contributed by atoms with van der Waals surface area (Å²) in [5.74, 6) is -4.48. The van der Waals surface area contributed by atoms with Gasteiger partial charge in [0.25, 0.3) is 5.79 Å². The molecular weight excluding hydrogens is 342 g/mol. The van der Waals surface area contributed by atoms with Crippen LogP contribution in [-0.4, -0.2) is 93.7 Å². The zero-order valence-corrected chi connectivity index (χ0v) is 14.0. The molecule has 0 radical (unpaired) electrons. The van der Waals surface area contributed by atoms with Gasteiger partial charge < -0.3 is 45.1 Å². The molecule has 1 aliphatic rings. The first-order valence-corrected chi connectivity index (χ1v) is 7.73. The predicted octanol–water partition coefficient (Wildman–Crippen LogP) is -3.42. The molecule has 25 heavy (non-hydrogen) atoms. The maximum Gasteiger partial charge on any atom is 0.368 e. The highest BCUT2D eigenvalue weighted by Gasteiger charge is 2.54. The number of aliphatic hydroxyl groups excluding tert-OH is 4. The highest BCUT2D eigenvalue weighted by atomic mass is 16.7. The molecule has 11 nitrogen and oxygen atoms in total. The highest BCUT2D eigenvalue weighted by molar-refractivity contribution is 5.78. The fourth-order valence-electron chi connectivity index (χ4n) is 2.42. The van der Waals surface area contributed by atoms with Crippen LogP contribution in [0.2, 0.25) is 0 Å². The Morgan fingerprint density at radius 2 is 2.04 bits per heavy atom. The Morgan fingerprint density at radius 1 is 1.40 bits per heavy atom. The van der Waals surface area contributed by atoms with E-state index in [4.69, 9.17) is 14.6 Å². The van der Waals surface area contributed by atoms with E-state index in [1.165, 1.54) is 0 Å². The van der Waals surface area contributed by atoms with Gasteiger partial charge in [-0.25, -0.2) is 4.79 Å². The van der Waals surface area contributed by atoms with Crippen molar-refractivity contribution in [2.75, 3.05) is 20.0 Å². The Morgan fingerprint density at radius 3 is 2.56 bits per heavy atom. The van der Waals surface area contributed by atoms with E-state index in [2.05, 4.69) is 10.1 Å². The minimum absolute atomic E-state index is 0.254. The van der Waals surface area contributed by atoms with Crippen molar-refractivity contribution in [1.82, 2.24) is 5.32 Å². The van der Waals surface area contributed by atoms with Gasteiger partial charge in [0.1, 0.15) is 18.3 Å². The molecule has 0 bridgehead atoms. The Labute approximate surface area is 144 Å². The molecular formula is C14H25NO10. The number of carbonyl (C=O) groups is 2. The van der Waals surface area contributed by atoms with Crippen molar-refractivity contribution in [3.63, 3.8) is 0 Å². The van der Waals surface area contributed by atoms with Gasteiger partial charge in [0, 0.05) is 20.0 Å². The van der Waals surface area contributed by atoms with Crippen LogP contribution < -0.4 is 5.32 Å². The minimum atomic E-state index is -2.63. The molecule has 6 atom stereocenters. The van der Waals surface area contributed by atoms with Gasteiger partial charge in [-0.1, -0.05) is 0 Å². The summed E-state index contributed by atoms with van der Waals surface area (Å²) < 4.78 is 14.7. The lowest BCUT2D eigenvalue weighted by atomic mass is 9.88. The van der Waals surface area contributed by atoms with Crippen molar-refractivity contribution in [1.29, 1.82) is 0 Å². The number of aliphatic hydroxyl groups is 5. The van der Waals surface area contributed by atoms with Crippen molar-refractivity contribution in [2.45, 2.75) is 56.5 Å². The molecule has 1 rings (SSSR count). The van der Waals surface area contributed by atoms with E-state index < -0.39 is 67.9 Å². The maximum absolute atomic E-state index is 12.0. The van der Waals surface area contributed by atoms with Gasteiger partial charge in [-0.15, -0.1) is 0 Å². The van der Waals surface area contributed by atoms with Crippen LogP contribution >= 0.6 is 0 Å². The molecule has 1 heterocycles. The second-order valence-electron chi connectivity index (χ2n) is 5.65. The van der Waals surface area contributed by atoms with E-state index in [1.54, 1.807) is 6.92 Å². The highest BCUT2D eigenvalue weighted by Crippen LogP contribution is 2.31. The SMILES string of the molecule is CCOCOC(=O)C1(O)C[C@H](O)[C@@H](NC(C)=O)[C@H]([C@H](O)[C@H](O)CO)O1. The maximum atomic E-state index is 12.0. The first kappa shape index (κ1) is 21.7. The first-order valence-electron chi connectivity index (χ1n) is 7.73. The average Bonchev–Trinajstić information content (AvgIpc) is 2.55. The summed E-state index contributed by atoms with van der Waals surface area (Å²) in [5.41, 5.74) is 0. The molecule has 0 aliphatic carbocycles. The summed E-state index contributed by atoms with van der Waals surface area (Å²) >= 11 is 0. The third-order valence-corrected chi connectivity index (χ3v) is 3.67. The molecule has 1 saturated heterocycles. The average molecular weight is 367 g/mol. The van der Waals surface area contributed by atoms with Gasteiger partial charge in [-0.05, 0) is 6.92 Å². The Hall–Kier alpha value is -1.34. The van der Waals surface area contributed by atoms with Crippen molar-refractivity contribution in [3.05, 3.63) is 0 Å². The Bertz CT molecular complexity index is 461. The third kappa shape index (κ3) is 5.57. The number of esters is 1. The lowest BCUT2D eigenvalue weighted by molar-refractivity contribution is -0.300. The molecule has 1 unspecified atom stereocenters. The normalized spacial score (nSPS) is 31.9. The summed E-state index contributed by atoms with van der Waals surface area (Å²) in [6, 6.07) is -1.24. The molecule has 1 aliphatic heterocycles. The number of rotatable bonds is 8. The molecule has 1 amide bonds. The zero-order valence-electron chi connectivity index (χ0n) is 14.0. The van der Waals surface area contributed by atoms with Gasteiger partial charge in [-0.3, -0.25) is 4.79 Å². The fraction of sp³-hybridized carbons (Fsp3) is 0.857. The summed E-state index contributed by atoms with van der Waals surface area (Å²) in [5, 5.41) is 51.5. The third-order valence-electron chi connectivity index (χ3n) is 3.67. The summed E-state index contributed by atoms with van der Waals surface area (Å²) in [7, 11) is 0. The molecule has 1 fully saturated rings. The molecule has 146 valence electrons. The molecule has 0 spiro atoms. The number of carbonyl (C=O) groups excluding carboxylic acids is 2. The van der Waals surface area contributed by atoms with Crippen LogP contribution in [0.4, 0.5) is 0 Å². The van der Waals surface area contributed by atoms with Crippen LogP contribution in [0.25, 0.3) is 0 Å². The van der Waals surface area contributed by atoms with Crippen LogP contribution in [0.5, 0.6) is 0 Å². The smallest absolute Gasteiger partial charge is 0.368 e. The van der Waals surface area contributed by atoms with Crippen LogP contribution in [0.1, 0.15) is 20.3 Å². The summed E-state index contributed by atoms with van der Waals surface area (Å²) in [6.07, 6.45) is -7.27. The van der Waals surface area contributed by atoms with E-state index in [9.17, 15) is 30.0 Å². The molecule has 0 aromatic carbocycles. The quantitative estimate of drug-likeness (QED) is 0.144. The summed E-state index contributed by atoms with van der Waals surface area (Å²) in [4.78, 5) is 23.3. The predicted molar refractivity (Wildman–Crippen MR) is 79.7 cm³/mol. The van der Waals surface area contributed by atoms with Crippen molar-refractivity contribution in [3.8, 4) is 0 Å². The number of hydrogen-bond donors (Lipinski definition) is 6. The van der Waals surface area contributed by atoms with E-state index >= 15 is 0 Å². The van der Waals surface area contributed by atoms with Gasteiger partial charge in [0.15, 0.2) is 6.79 Å². The zero-order chi connectivity index (χ0) is 19.2. The van der Waals surface area contributed by atoms with E-state index in [0.29, 0.717) is 0 Å². The lowest BCUT2D eigenvalue weighted by Gasteiger charge is -2.45. The molecule has 0 aromatic rings. The second kappa shape index (κ2) is 9.38. The summed E-state index contributed by atoms with van der Waals surface area (Å²) in [6.45, 7) is 1.75. The van der Waals surface area contributed by atoms with Gasteiger partial charge in [0.2, 0.25) is 5.91 Å². The van der Waals surface area contributed by atoms with Gasteiger partial charge in [0.05, 0.1) is 18.8 Å². The van der Waals surface area contributed by atoms with E-state index in [0.717, 1.165) is 6.92 Å². The fourth-order valence-corrected chi connectivity index (χ4v) is 2.42. The van der Waals surface area contributed by atoms with Crippen LogP contribution in [0, 0.1) is 0 Å². The van der Waals surface area contributed by atoms with Crippen molar-refractivity contribution in [2.24, 2.45) is 0 Å². The standard InChI is InChI=1S/C14H25NO10/c1-3-23-6-24-13(21)14(22)4-8(18)10(15-7(2)17)12(25-14)11(20)9(19)5-16/h8-12,16,18-20,22H,3-6H2,1-2H3,(H,15,17)/t8-,9+,10+,11+,12+,14?/m0/s1. The van der Waals surface area contributed by atoms with Crippen LogP contribution in [-0.2, 0) is 23.8 Å². The topological polar surface area (TPSA) is 175 Å². The number of amides is 1. The monoisotopic (exact) mass is 367 g/mol. The molecule has 0 saturated carbocycles. The number of nitrogens with one attached hydrogen (secondary N) is 1. The van der Waals surface area contributed by atoms with E-state index in [1.807, 2.05) is 0 Å².